The molecule has 0 saturated heterocycles. The summed E-state index contributed by atoms with van der Waals surface area (Å²) in [5, 5.41) is 3.22. The third-order valence-corrected chi connectivity index (χ3v) is 3.00. The van der Waals surface area contributed by atoms with E-state index in [9.17, 15) is 4.39 Å². The summed E-state index contributed by atoms with van der Waals surface area (Å²) in [6.45, 7) is 6.53. The molecular weight excluding hydrogens is 269 g/mol. The minimum absolute atomic E-state index is 0.0783. The number of nitrogens with one attached hydrogen (secondary N) is 1. The van der Waals surface area contributed by atoms with Crippen LogP contribution in [0.1, 0.15) is 25.0 Å². The van der Waals surface area contributed by atoms with Gasteiger partial charge in [0.15, 0.2) is 0 Å². The van der Waals surface area contributed by atoms with Crippen molar-refractivity contribution in [3.63, 3.8) is 0 Å². The van der Waals surface area contributed by atoms with Gasteiger partial charge in [0, 0.05) is 12.6 Å². The number of nitrogens with zero attached hydrogens (tertiary/aromatic N) is 2. The Labute approximate surface area is 124 Å². The Morgan fingerprint density at radius 2 is 2.05 bits per heavy atom. The Balaban J connectivity index is 1.91. The monoisotopic (exact) mass is 289 g/mol. The summed E-state index contributed by atoms with van der Waals surface area (Å²) < 4.78 is 18.6. The summed E-state index contributed by atoms with van der Waals surface area (Å²) in [6, 6.07) is 6.63. The molecule has 2 rings (SSSR count). The second kappa shape index (κ2) is 7.02. The first kappa shape index (κ1) is 15.2. The third kappa shape index (κ3) is 4.70. The van der Waals surface area contributed by atoms with Gasteiger partial charge >= 0.3 is 0 Å². The second-order valence-corrected chi connectivity index (χ2v) is 5.16. The number of hydrogen-bond donors (Lipinski definition) is 1. The molecule has 0 aliphatic heterocycles. The first-order valence-electron chi connectivity index (χ1n) is 7.02. The molecule has 0 fully saturated rings. The quantitative estimate of drug-likeness (QED) is 0.885. The highest BCUT2D eigenvalue weighted by molar-refractivity contribution is 5.37. The zero-order chi connectivity index (χ0) is 15.2. The Hall–Kier alpha value is -2.17. The van der Waals surface area contributed by atoms with Gasteiger partial charge in [0.2, 0.25) is 5.88 Å². The van der Waals surface area contributed by atoms with E-state index in [2.05, 4.69) is 15.3 Å². The van der Waals surface area contributed by atoms with Gasteiger partial charge < -0.3 is 10.1 Å². The van der Waals surface area contributed by atoms with Crippen molar-refractivity contribution in [3.8, 4) is 5.88 Å². The van der Waals surface area contributed by atoms with Crippen molar-refractivity contribution >= 4 is 5.82 Å². The highest BCUT2D eigenvalue weighted by Gasteiger charge is 2.03. The maximum absolute atomic E-state index is 13.0. The standard InChI is InChI=1S/C16H20FN3O/c1-11(2)21-16-9-15(19-10-20-16)18-7-6-13-4-5-14(17)8-12(13)3/h4-5,8-11H,6-7H2,1-3H3,(H,18,19,20). The Bertz CT molecular complexity index is 602. The molecule has 0 radical (unpaired) electrons. The molecule has 0 saturated carbocycles. The normalized spacial score (nSPS) is 10.7. The number of aryl methyl sites for hydroxylation is 1. The van der Waals surface area contributed by atoms with Crippen molar-refractivity contribution in [2.75, 3.05) is 11.9 Å². The molecule has 0 aliphatic rings. The van der Waals surface area contributed by atoms with Crippen LogP contribution in [0.25, 0.3) is 0 Å². The minimum atomic E-state index is -0.199. The van der Waals surface area contributed by atoms with Crippen LogP contribution in [-0.4, -0.2) is 22.6 Å². The van der Waals surface area contributed by atoms with Crippen LogP contribution >= 0.6 is 0 Å². The van der Waals surface area contributed by atoms with Crippen LogP contribution in [0.3, 0.4) is 0 Å². The average molecular weight is 289 g/mol. The molecule has 1 N–H and O–H groups in total. The van der Waals surface area contributed by atoms with Crippen LogP contribution < -0.4 is 10.1 Å². The van der Waals surface area contributed by atoms with Crippen molar-refractivity contribution in [1.82, 2.24) is 9.97 Å². The number of benzene rings is 1. The van der Waals surface area contributed by atoms with Crippen molar-refractivity contribution < 1.29 is 9.13 Å². The van der Waals surface area contributed by atoms with Gasteiger partial charge in [-0.15, -0.1) is 0 Å². The lowest BCUT2D eigenvalue weighted by atomic mass is 10.1. The fourth-order valence-corrected chi connectivity index (χ4v) is 2.01. The smallest absolute Gasteiger partial charge is 0.218 e. The van der Waals surface area contributed by atoms with Crippen LogP contribution in [0.5, 0.6) is 5.88 Å². The van der Waals surface area contributed by atoms with Gasteiger partial charge in [-0.1, -0.05) is 6.07 Å². The number of anilines is 1. The molecule has 0 atom stereocenters. The largest absolute Gasteiger partial charge is 0.475 e. The summed E-state index contributed by atoms with van der Waals surface area (Å²) in [6.07, 6.45) is 2.36. The van der Waals surface area contributed by atoms with E-state index in [0.717, 1.165) is 23.4 Å². The Morgan fingerprint density at radius 3 is 2.76 bits per heavy atom. The SMILES string of the molecule is Cc1cc(F)ccc1CCNc1cc(OC(C)C)ncn1. The molecule has 5 heteroatoms. The van der Waals surface area contributed by atoms with Gasteiger partial charge in [0.05, 0.1) is 6.10 Å². The zero-order valence-corrected chi connectivity index (χ0v) is 12.6. The van der Waals surface area contributed by atoms with E-state index in [-0.39, 0.29) is 11.9 Å². The predicted octanol–water partition coefficient (Wildman–Crippen LogP) is 3.37. The van der Waals surface area contributed by atoms with Crippen LogP contribution in [0.2, 0.25) is 0 Å². The second-order valence-electron chi connectivity index (χ2n) is 5.16. The summed E-state index contributed by atoms with van der Waals surface area (Å²) in [4.78, 5) is 8.21. The molecule has 0 aliphatic carbocycles. The van der Waals surface area contributed by atoms with Gasteiger partial charge in [0.25, 0.3) is 0 Å². The van der Waals surface area contributed by atoms with E-state index in [4.69, 9.17) is 4.74 Å². The first-order chi connectivity index (χ1) is 10.0. The third-order valence-electron chi connectivity index (χ3n) is 3.00. The molecule has 0 spiro atoms. The highest BCUT2D eigenvalue weighted by atomic mass is 19.1. The molecule has 1 heterocycles. The lowest BCUT2D eigenvalue weighted by Crippen LogP contribution is -2.10. The lowest BCUT2D eigenvalue weighted by molar-refractivity contribution is 0.232. The van der Waals surface area contributed by atoms with Gasteiger partial charge in [-0.3, -0.25) is 0 Å². The molecule has 1 aromatic heterocycles. The molecule has 0 unspecified atom stereocenters. The van der Waals surface area contributed by atoms with Crippen LogP contribution in [0.15, 0.2) is 30.6 Å². The number of rotatable bonds is 6. The number of hydrogen-bond acceptors (Lipinski definition) is 4. The minimum Gasteiger partial charge on any atom is -0.475 e. The van der Waals surface area contributed by atoms with Gasteiger partial charge in [-0.25, -0.2) is 14.4 Å². The maximum atomic E-state index is 13.0. The first-order valence-corrected chi connectivity index (χ1v) is 7.02. The topological polar surface area (TPSA) is 47.0 Å². The number of ether oxygens (including phenoxy) is 1. The summed E-state index contributed by atoms with van der Waals surface area (Å²) >= 11 is 0. The summed E-state index contributed by atoms with van der Waals surface area (Å²) in [7, 11) is 0. The van der Waals surface area contributed by atoms with E-state index in [1.54, 1.807) is 12.1 Å². The molecule has 4 nitrogen and oxygen atoms in total. The van der Waals surface area contributed by atoms with Crippen LogP contribution in [0, 0.1) is 12.7 Å². The molecule has 0 bridgehead atoms. The molecule has 0 amide bonds. The van der Waals surface area contributed by atoms with E-state index < -0.39 is 0 Å². The van der Waals surface area contributed by atoms with E-state index in [1.165, 1.54) is 12.4 Å². The van der Waals surface area contributed by atoms with Crippen LogP contribution in [-0.2, 0) is 6.42 Å². The lowest BCUT2D eigenvalue weighted by Gasteiger charge is -2.11. The van der Waals surface area contributed by atoms with Crippen molar-refractivity contribution in [2.45, 2.75) is 33.3 Å². The fourth-order valence-electron chi connectivity index (χ4n) is 2.01. The average Bonchev–Trinajstić information content (AvgIpc) is 2.41. The molecule has 2 aromatic rings. The Kier molecular flexibility index (Phi) is 5.09. The number of halogens is 1. The van der Waals surface area contributed by atoms with Crippen molar-refractivity contribution in [3.05, 3.63) is 47.5 Å². The van der Waals surface area contributed by atoms with Gasteiger partial charge in [-0.2, -0.15) is 0 Å². The maximum Gasteiger partial charge on any atom is 0.218 e. The predicted molar refractivity (Wildman–Crippen MR) is 81.1 cm³/mol. The molecule has 21 heavy (non-hydrogen) atoms. The molecule has 1 aromatic carbocycles. The van der Waals surface area contributed by atoms with Crippen LogP contribution in [0.4, 0.5) is 10.2 Å². The number of aromatic nitrogens is 2. The van der Waals surface area contributed by atoms with E-state index in [0.29, 0.717) is 12.4 Å². The zero-order valence-electron chi connectivity index (χ0n) is 12.6. The van der Waals surface area contributed by atoms with E-state index >= 15 is 0 Å². The van der Waals surface area contributed by atoms with Crippen molar-refractivity contribution in [1.29, 1.82) is 0 Å². The fraction of sp³-hybridized carbons (Fsp3) is 0.375. The van der Waals surface area contributed by atoms with Gasteiger partial charge in [-0.05, 0) is 50.5 Å². The van der Waals surface area contributed by atoms with Gasteiger partial charge in [0.1, 0.15) is 18.0 Å². The summed E-state index contributed by atoms with van der Waals surface area (Å²) in [5.74, 6) is 1.08. The highest BCUT2D eigenvalue weighted by Crippen LogP contribution is 2.14. The molecular formula is C16H20FN3O. The Morgan fingerprint density at radius 1 is 1.24 bits per heavy atom. The summed E-state index contributed by atoms with van der Waals surface area (Å²) in [5.41, 5.74) is 2.08. The molecule has 112 valence electrons. The van der Waals surface area contributed by atoms with Crippen molar-refractivity contribution in [2.24, 2.45) is 0 Å². The van der Waals surface area contributed by atoms with E-state index in [1.807, 2.05) is 26.8 Å².